The molecule has 1 heterocycles. The zero-order valence-electron chi connectivity index (χ0n) is 12.9. The lowest BCUT2D eigenvalue weighted by atomic mass is 9.86. The molecule has 22 heavy (non-hydrogen) atoms. The molecule has 124 valence electrons. The van der Waals surface area contributed by atoms with Crippen molar-refractivity contribution in [3.05, 3.63) is 33.7 Å². The van der Waals surface area contributed by atoms with Gasteiger partial charge in [0.2, 0.25) is 6.79 Å². The molecule has 1 aliphatic rings. The summed E-state index contributed by atoms with van der Waals surface area (Å²) in [4.78, 5) is 26.6. The van der Waals surface area contributed by atoms with E-state index in [0.717, 1.165) is 44.1 Å². The molecule has 0 saturated heterocycles. The Labute approximate surface area is 129 Å². The Morgan fingerprint density at radius 3 is 2.64 bits per heavy atom. The van der Waals surface area contributed by atoms with Gasteiger partial charge in [0.1, 0.15) is 0 Å². The fraction of sp³-hybridized carbons (Fsp3) is 0.643. The Balaban J connectivity index is 2.18. The van der Waals surface area contributed by atoms with Crippen LogP contribution in [0.15, 0.2) is 16.9 Å². The van der Waals surface area contributed by atoms with Gasteiger partial charge in [-0.2, -0.15) is 0 Å². The van der Waals surface area contributed by atoms with Gasteiger partial charge < -0.3 is 9.73 Å². The van der Waals surface area contributed by atoms with Crippen molar-refractivity contribution < 1.29 is 23.3 Å². The van der Waals surface area contributed by atoms with Gasteiger partial charge in [0.15, 0.2) is 0 Å². The van der Waals surface area contributed by atoms with E-state index in [9.17, 15) is 14.3 Å². The van der Waals surface area contributed by atoms with Gasteiger partial charge in [0.25, 0.3) is 5.56 Å². The molecule has 7 nitrogen and oxygen atoms in total. The van der Waals surface area contributed by atoms with Gasteiger partial charge in [-0.25, -0.2) is 9.09 Å². The average molecular weight is 331 g/mol. The molecule has 1 N–H and O–H groups in total. The number of rotatable bonds is 6. The molecule has 0 spiro atoms. The van der Waals surface area contributed by atoms with E-state index in [1.54, 1.807) is 0 Å². The third-order valence-corrected chi connectivity index (χ3v) is 4.71. The maximum absolute atomic E-state index is 12.1. The first-order valence-corrected chi connectivity index (χ1v) is 8.82. The lowest BCUT2D eigenvalue weighted by Crippen LogP contribution is -2.32. The van der Waals surface area contributed by atoms with Crippen molar-refractivity contribution in [2.75, 3.05) is 13.9 Å². The van der Waals surface area contributed by atoms with Crippen LogP contribution in [-0.2, 0) is 13.6 Å². The second kappa shape index (κ2) is 7.42. The SMILES string of the molecule is COP(=O)(O)OCOn1c(C2CCCCC2)cc(C)cc1=O. The van der Waals surface area contributed by atoms with E-state index < -0.39 is 14.6 Å². The molecule has 0 amide bonds. The third kappa shape index (κ3) is 4.43. The van der Waals surface area contributed by atoms with Crippen molar-refractivity contribution in [1.82, 2.24) is 4.73 Å². The van der Waals surface area contributed by atoms with Gasteiger partial charge in [-0.3, -0.25) is 9.32 Å². The lowest BCUT2D eigenvalue weighted by molar-refractivity contribution is -0.0227. The summed E-state index contributed by atoms with van der Waals surface area (Å²) in [6.45, 7) is 1.33. The molecule has 1 aliphatic carbocycles. The second-order valence-corrected chi connectivity index (χ2v) is 7.01. The first-order valence-electron chi connectivity index (χ1n) is 7.33. The van der Waals surface area contributed by atoms with E-state index in [1.165, 1.54) is 17.2 Å². The molecular formula is C14H22NO6P. The van der Waals surface area contributed by atoms with Crippen LogP contribution in [0.1, 0.15) is 49.3 Å². The Morgan fingerprint density at radius 2 is 2.00 bits per heavy atom. The highest BCUT2D eigenvalue weighted by molar-refractivity contribution is 7.47. The van der Waals surface area contributed by atoms with Crippen LogP contribution in [0.4, 0.5) is 0 Å². The first kappa shape index (κ1) is 17.2. The van der Waals surface area contributed by atoms with Crippen molar-refractivity contribution in [2.24, 2.45) is 0 Å². The van der Waals surface area contributed by atoms with Gasteiger partial charge in [-0.1, -0.05) is 19.3 Å². The standard InChI is InChI=1S/C14H22NO6P/c1-11-8-13(12-6-4-3-5-7-12)15(14(16)9-11)20-10-21-22(17,18)19-2/h8-9,12H,3-7,10H2,1-2H3,(H,17,18). The summed E-state index contributed by atoms with van der Waals surface area (Å²) in [5.74, 6) is 0.254. The minimum atomic E-state index is -4.12. The molecule has 1 aromatic rings. The van der Waals surface area contributed by atoms with E-state index in [4.69, 9.17) is 4.84 Å². The minimum absolute atomic E-state index is 0.254. The summed E-state index contributed by atoms with van der Waals surface area (Å²) in [6.07, 6.45) is 5.46. The number of aromatic nitrogens is 1. The van der Waals surface area contributed by atoms with E-state index in [1.807, 2.05) is 13.0 Å². The van der Waals surface area contributed by atoms with Crippen molar-refractivity contribution in [3.63, 3.8) is 0 Å². The molecule has 0 aliphatic heterocycles. The molecule has 0 aromatic carbocycles. The van der Waals surface area contributed by atoms with Gasteiger partial charge in [0, 0.05) is 19.1 Å². The fourth-order valence-corrected chi connectivity index (χ4v) is 3.02. The van der Waals surface area contributed by atoms with E-state index in [-0.39, 0.29) is 11.5 Å². The predicted molar refractivity (Wildman–Crippen MR) is 80.6 cm³/mol. The summed E-state index contributed by atoms with van der Waals surface area (Å²) < 4.78 is 21.3. The average Bonchev–Trinajstić information content (AvgIpc) is 2.50. The highest BCUT2D eigenvalue weighted by atomic mass is 31.2. The molecule has 8 heteroatoms. The number of hydrogen-bond acceptors (Lipinski definition) is 5. The quantitative estimate of drug-likeness (QED) is 0.636. The van der Waals surface area contributed by atoms with Gasteiger partial charge in [0.05, 0.1) is 5.69 Å². The minimum Gasteiger partial charge on any atom is -0.381 e. The van der Waals surface area contributed by atoms with Gasteiger partial charge >= 0.3 is 7.82 Å². The monoisotopic (exact) mass is 331 g/mol. The van der Waals surface area contributed by atoms with Crippen molar-refractivity contribution in [3.8, 4) is 0 Å². The molecule has 1 fully saturated rings. The van der Waals surface area contributed by atoms with Crippen LogP contribution in [0, 0.1) is 6.92 Å². The number of phosphoric acid groups is 1. The molecule has 1 saturated carbocycles. The number of phosphoric ester groups is 1. The van der Waals surface area contributed by atoms with Crippen LogP contribution in [0.2, 0.25) is 0 Å². The molecular weight excluding hydrogens is 309 g/mol. The molecule has 1 unspecified atom stereocenters. The van der Waals surface area contributed by atoms with Crippen molar-refractivity contribution in [1.29, 1.82) is 0 Å². The van der Waals surface area contributed by atoms with Crippen LogP contribution < -0.4 is 10.4 Å². The summed E-state index contributed by atoms with van der Waals surface area (Å²) in [7, 11) is -3.06. The highest BCUT2D eigenvalue weighted by Gasteiger charge is 2.22. The van der Waals surface area contributed by atoms with Crippen LogP contribution in [0.5, 0.6) is 0 Å². The Hall–Kier alpha value is -1.14. The summed E-state index contributed by atoms with van der Waals surface area (Å²) in [5.41, 5.74) is 1.35. The van der Waals surface area contributed by atoms with Gasteiger partial charge in [-0.15, -0.1) is 4.73 Å². The first-order chi connectivity index (χ1) is 10.4. The van der Waals surface area contributed by atoms with E-state index in [2.05, 4.69) is 9.05 Å². The largest absolute Gasteiger partial charge is 0.474 e. The summed E-state index contributed by atoms with van der Waals surface area (Å²) in [6, 6.07) is 3.38. The second-order valence-electron chi connectivity index (χ2n) is 5.45. The van der Waals surface area contributed by atoms with Crippen LogP contribution in [0.25, 0.3) is 0 Å². The number of hydrogen-bond donors (Lipinski definition) is 1. The molecule has 1 atom stereocenters. The molecule has 1 aromatic heterocycles. The van der Waals surface area contributed by atoms with Crippen LogP contribution in [0.3, 0.4) is 0 Å². The van der Waals surface area contributed by atoms with Gasteiger partial charge in [-0.05, 0) is 31.4 Å². The predicted octanol–water partition coefficient (Wildman–Crippen LogP) is 2.35. The topological polar surface area (TPSA) is 87.0 Å². The number of aryl methyl sites for hydroxylation is 1. The Kier molecular flexibility index (Phi) is 5.81. The zero-order chi connectivity index (χ0) is 16.2. The van der Waals surface area contributed by atoms with E-state index >= 15 is 0 Å². The Bertz CT molecular complexity index is 608. The molecule has 0 radical (unpaired) electrons. The van der Waals surface area contributed by atoms with Crippen molar-refractivity contribution >= 4 is 7.82 Å². The molecule has 2 rings (SSSR count). The third-order valence-electron chi connectivity index (χ3n) is 3.81. The number of pyridine rings is 1. The normalized spacial score (nSPS) is 18.9. The van der Waals surface area contributed by atoms with Crippen LogP contribution in [-0.4, -0.2) is 23.5 Å². The summed E-state index contributed by atoms with van der Waals surface area (Å²) >= 11 is 0. The van der Waals surface area contributed by atoms with Crippen molar-refractivity contribution in [2.45, 2.75) is 44.9 Å². The number of nitrogens with zero attached hydrogens (tertiary/aromatic N) is 1. The lowest BCUT2D eigenvalue weighted by Gasteiger charge is -2.25. The maximum Gasteiger partial charge on any atom is 0.474 e. The Morgan fingerprint density at radius 1 is 1.32 bits per heavy atom. The molecule has 0 bridgehead atoms. The smallest absolute Gasteiger partial charge is 0.381 e. The maximum atomic E-state index is 12.1. The van der Waals surface area contributed by atoms with Crippen LogP contribution >= 0.6 is 7.82 Å². The van der Waals surface area contributed by atoms with E-state index in [0.29, 0.717) is 0 Å². The fourth-order valence-electron chi connectivity index (χ4n) is 2.73. The zero-order valence-corrected chi connectivity index (χ0v) is 13.8. The summed E-state index contributed by atoms with van der Waals surface area (Å²) in [5, 5.41) is 0. The highest BCUT2D eigenvalue weighted by Crippen LogP contribution is 2.41.